The molecule has 0 aromatic heterocycles. The van der Waals surface area contributed by atoms with Crippen LogP contribution in [0.1, 0.15) is 43.0 Å². The number of imide groups is 1. The molecule has 0 unspecified atom stereocenters. The highest BCUT2D eigenvalue weighted by molar-refractivity contribution is 6.07. The molecular weight excluding hydrogens is 360 g/mol. The Bertz CT molecular complexity index is 889. The van der Waals surface area contributed by atoms with E-state index in [1.54, 1.807) is 25.3 Å². The molecule has 0 aliphatic heterocycles. The van der Waals surface area contributed by atoms with Crippen molar-refractivity contribution < 1.29 is 23.9 Å². The minimum atomic E-state index is -1.11. The summed E-state index contributed by atoms with van der Waals surface area (Å²) >= 11 is 0. The van der Waals surface area contributed by atoms with Gasteiger partial charge in [-0.3, -0.25) is 10.1 Å². The standard InChI is InChI=1S/C21H24N2O5/c1-13(19(24)23-21(26)22-14-7-3-4-8-14)28-20(25)17-11-12-18(27-2)16-10-6-5-9-15(16)17/h5-6,9-14H,3-4,7-8H2,1-2H3,(H2,22,23,24,26)/t13-/m1/s1. The zero-order valence-corrected chi connectivity index (χ0v) is 16.0. The Balaban J connectivity index is 1.64. The third-order valence-electron chi connectivity index (χ3n) is 4.90. The van der Waals surface area contributed by atoms with Gasteiger partial charge in [0.1, 0.15) is 5.75 Å². The molecule has 0 spiro atoms. The van der Waals surface area contributed by atoms with Crippen LogP contribution in [0.5, 0.6) is 5.75 Å². The lowest BCUT2D eigenvalue weighted by Gasteiger charge is -2.16. The second-order valence-electron chi connectivity index (χ2n) is 6.85. The van der Waals surface area contributed by atoms with Crippen molar-refractivity contribution in [1.82, 2.24) is 10.6 Å². The van der Waals surface area contributed by atoms with Crippen molar-refractivity contribution in [1.29, 1.82) is 0 Å². The zero-order valence-electron chi connectivity index (χ0n) is 16.0. The van der Waals surface area contributed by atoms with E-state index in [2.05, 4.69) is 10.6 Å². The van der Waals surface area contributed by atoms with E-state index in [0.29, 0.717) is 16.7 Å². The fourth-order valence-corrected chi connectivity index (χ4v) is 3.41. The average molecular weight is 384 g/mol. The van der Waals surface area contributed by atoms with E-state index >= 15 is 0 Å². The first-order chi connectivity index (χ1) is 13.5. The van der Waals surface area contributed by atoms with Crippen LogP contribution in [-0.4, -0.2) is 37.2 Å². The van der Waals surface area contributed by atoms with Gasteiger partial charge in [0.15, 0.2) is 6.10 Å². The fourth-order valence-electron chi connectivity index (χ4n) is 3.41. The van der Waals surface area contributed by atoms with E-state index in [0.717, 1.165) is 31.1 Å². The van der Waals surface area contributed by atoms with Crippen molar-refractivity contribution in [3.8, 4) is 5.75 Å². The predicted octanol–water partition coefficient (Wildman–Crippen LogP) is 3.16. The van der Waals surface area contributed by atoms with Crippen molar-refractivity contribution in [2.45, 2.75) is 44.8 Å². The van der Waals surface area contributed by atoms with Crippen LogP contribution in [0.25, 0.3) is 10.8 Å². The van der Waals surface area contributed by atoms with E-state index < -0.39 is 24.0 Å². The number of amides is 3. The minimum absolute atomic E-state index is 0.0938. The summed E-state index contributed by atoms with van der Waals surface area (Å²) < 4.78 is 10.6. The molecule has 7 nitrogen and oxygen atoms in total. The number of nitrogens with one attached hydrogen (secondary N) is 2. The van der Waals surface area contributed by atoms with Gasteiger partial charge in [-0.25, -0.2) is 9.59 Å². The van der Waals surface area contributed by atoms with Crippen molar-refractivity contribution in [3.63, 3.8) is 0 Å². The van der Waals surface area contributed by atoms with Gasteiger partial charge in [-0.1, -0.05) is 37.1 Å². The Hall–Kier alpha value is -3.09. The molecule has 1 fully saturated rings. The molecule has 28 heavy (non-hydrogen) atoms. The summed E-state index contributed by atoms with van der Waals surface area (Å²) in [4.78, 5) is 36.7. The van der Waals surface area contributed by atoms with E-state index in [4.69, 9.17) is 9.47 Å². The average Bonchev–Trinajstić information content (AvgIpc) is 3.19. The normalized spacial score (nSPS) is 15.1. The van der Waals surface area contributed by atoms with Crippen LogP contribution in [0.15, 0.2) is 36.4 Å². The molecule has 1 atom stereocenters. The van der Waals surface area contributed by atoms with Gasteiger partial charge in [-0.05, 0) is 37.3 Å². The molecule has 1 saturated carbocycles. The zero-order chi connectivity index (χ0) is 20.1. The summed E-state index contributed by atoms with van der Waals surface area (Å²) in [6.07, 6.45) is 2.86. The van der Waals surface area contributed by atoms with Crippen molar-refractivity contribution >= 4 is 28.7 Å². The lowest BCUT2D eigenvalue weighted by molar-refractivity contribution is -0.127. The van der Waals surface area contributed by atoms with Crippen molar-refractivity contribution in [3.05, 3.63) is 42.0 Å². The Kier molecular flexibility index (Phi) is 6.13. The number of carbonyl (C=O) groups excluding carboxylic acids is 3. The highest BCUT2D eigenvalue weighted by Crippen LogP contribution is 2.28. The van der Waals surface area contributed by atoms with Gasteiger partial charge in [0.05, 0.1) is 12.7 Å². The van der Waals surface area contributed by atoms with Crippen LogP contribution in [-0.2, 0) is 9.53 Å². The topological polar surface area (TPSA) is 93.7 Å². The van der Waals surface area contributed by atoms with Crippen molar-refractivity contribution in [2.75, 3.05) is 7.11 Å². The predicted molar refractivity (Wildman–Crippen MR) is 104 cm³/mol. The van der Waals surface area contributed by atoms with Crippen LogP contribution >= 0.6 is 0 Å². The summed E-state index contributed by atoms with van der Waals surface area (Å²) in [5, 5.41) is 6.43. The highest BCUT2D eigenvalue weighted by atomic mass is 16.5. The number of methoxy groups -OCH3 is 1. The van der Waals surface area contributed by atoms with Crippen LogP contribution in [0, 0.1) is 0 Å². The molecular formula is C21H24N2O5. The summed E-state index contributed by atoms with van der Waals surface area (Å²) in [6.45, 7) is 1.43. The SMILES string of the molecule is COc1ccc(C(=O)O[C@H](C)C(=O)NC(=O)NC2CCCC2)c2ccccc12. The number of hydrogen-bond donors (Lipinski definition) is 2. The maximum Gasteiger partial charge on any atom is 0.339 e. The van der Waals surface area contributed by atoms with Crippen LogP contribution in [0.3, 0.4) is 0 Å². The molecule has 0 saturated heterocycles. The van der Waals surface area contributed by atoms with Gasteiger partial charge in [-0.15, -0.1) is 0 Å². The Morgan fingerprint density at radius 1 is 1.04 bits per heavy atom. The number of urea groups is 1. The Morgan fingerprint density at radius 2 is 1.71 bits per heavy atom. The molecule has 0 radical (unpaired) electrons. The van der Waals surface area contributed by atoms with E-state index in [1.165, 1.54) is 6.92 Å². The summed E-state index contributed by atoms with van der Waals surface area (Å²) in [5.41, 5.74) is 0.325. The maximum atomic E-state index is 12.6. The number of rotatable bonds is 5. The first-order valence-corrected chi connectivity index (χ1v) is 9.37. The van der Waals surface area contributed by atoms with Gasteiger partial charge in [-0.2, -0.15) is 0 Å². The highest BCUT2D eigenvalue weighted by Gasteiger charge is 2.24. The van der Waals surface area contributed by atoms with E-state index in [-0.39, 0.29) is 6.04 Å². The molecule has 7 heteroatoms. The van der Waals surface area contributed by atoms with Gasteiger partial charge < -0.3 is 14.8 Å². The fraction of sp³-hybridized carbons (Fsp3) is 0.381. The molecule has 3 amide bonds. The molecule has 3 rings (SSSR count). The van der Waals surface area contributed by atoms with Gasteiger partial charge >= 0.3 is 12.0 Å². The van der Waals surface area contributed by atoms with Crippen LogP contribution in [0.4, 0.5) is 4.79 Å². The third kappa shape index (κ3) is 4.42. The third-order valence-corrected chi connectivity index (χ3v) is 4.90. The lowest BCUT2D eigenvalue weighted by Crippen LogP contribution is -2.47. The number of carbonyl (C=O) groups is 3. The second kappa shape index (κ2) is 8.73. The number of benzene rings is 2. The first kappa shape index (κ1) is 19.7. The monoisotopic (exact) mass is 384 g/mol. The number of esters is 1. The number of hydrogen-bond acceptors (Lipinski definition) is 5. The Morgan fingerprint density at radius 3 is 2.39 bits per heavy atom. The Labute approximate surface area is 163 Å². The quantitative estimate of drug-likeness (QED) is 0.773. The first-order valence-electron chi connectivity index (χ1n) is 9.37. The van der Waals surface area contributed by atoms with Crippen LogP contribution in [0.2, 0.25) is 0 Å². The van der Waals surface area contributed by atoms with Gasteiger partial charge in [0.25, 0.3) is 5.91 Å². The summed E-state index contributed by atoms with van der Waals surface area (Å²) in [6, 6.07) is 10.1. The largest absolute Gasteiger partial charge is 0.496 e. The van der Waals surface area contributed by atoms with E-state index in [9.17, 15) is 14.4 Å². The van der Waals surface area contributed by atoms with E-state index in [1.807, 2.05) is 18.2 Å². The summed E-state index contributed by atoms with van der Waals surface area (Å²) in [7, 11) is 1.56. The maximum absolute atomic E-state index is 12.6. The molecule has 2 aromatic carbocycles. The molecule has 148 valence electrons. The van der Waals surface area contributed by atoms with Gasteiger partial charge in [0.2, 0.25) is 0 Å². The van der Waals surface area contributed by atoms with Gasteiger partial charge in [0, 0.05) is 11.4 Å². The molecule has 2 N–H and O–H groups in total. The second-order valence-corrected chi connectivity index (χ2v) is 6.85. The molecule has 0 bridgehead atoms. The molecule has 0 heterocycles. The smallest absolute Gasteiger partial charge is 0.339 e. The molecule has 1 aliphatic rings. The molecule has 1 aliphatic carbocycles. The van der Waals surface area contributed by atoms with Crippen molar-refractivity contribution in [2.24, 2.45) is 0 Å². The number of ether oxygens (including phenoxy) is 2. The van der Waals surface area contributed by atoms with Crippen LogP contribution < -0.4 is 15.4 Å². The summed E-state index contributed by atoms with van der Waals surface area (Å²) in [5.74, 6) is -0.666. The lowest BCUT2D eigenvalue weighted by atomic mass is 10.0. The minimum Gasteiger partial charge on any atom is -0.496 e. The number of fused-ring (bicyclic) bond motifs is 1. The molecule has 2 aromatic rings.